The minimum absolute atomic E-state index is 0.0362. The first-order chi connectivity index (χ1) is 14.0. The van der Waals surface area contributed by atoms with E-state index in [4.69, 9.17) is 16.3 Å². The van der Waals surface area contributed by atoms with Gasteiger partial charge in [0, 0.05) is 11.2 Å². The Kier molecular flexibility index (Phi) is 6.51. The molecular weight excluding hydrogens is 394 g/mol. The maximum Gasteiger partial charge on any atom is 0.328 e. The highest BCUT2D eigenvalue weighted by atomic mass is 35.5. The maximum atomic E-state index is 12.6. The van der Waals surface area contributed by atoms with Gasteiger partial charge < -0.3 is 15.0 Å². The van der Waals surface area contributed by atoms with E-state index >= 15 is 0 Å². The van der Waals surface area contributed by atoms with Gasteiger partial charge in [0.15, 0.2) is 0 Å². The van der Waals surface area contributed by atoms with Gasteiger partial charge in [-0.05, 0) is 30.7 Å². The van der Waals surface area contributed by atoms with Crippen molar-refractivity contribution < 1.29 is 9.53 Å². The van der Waals surface area contributed by atoms with Gasteiger partial charge in [0.05, 0.1) is 13.1 Å². The number of halogens is 1. The average Bonchev–Trinajstić information content (AvgIpc) is 2.71. The van der Waals surface area contributed by atoms with E-state index in [-0.39, 0.29) is 25.3 Å². The highest BCUT2D eigenvalue weighted by Crippen LogP contribution is 2.15. The molecular formula is C21H20ClN3O4. The molecule has 0 fully saturated rings. The summed E-state index contributed by atoms with van der Waals surface area (Å²) in [4.78, 5) is 39.5. The molecule has 0 atom stereocenters. The molecule has 2 N–H and O–H groups in total. The Bertz CT molecular complexity index is 1120. The zero-order valence-corrected chi connectivity index (χ0v) is 16.5. The van der Waals surface area contributed by atoms with Crippen LogP contribution in [0.2, 0.25) is 5.02 Å². The molecule has 0 aliphatic rings. The molecule has 7 nitrogen and oxygen atoms in total. The molecule has 1 amide bonds. The van der Waals surface area contributed by atoms with Gasteiger partial charge in [-0.25, -0.2) is 4.79 Å². The first-order valence-electron chi connectivity index (χ1n) is 8.99. The third kappa shape index (κ3) is 5.14. The minimum atomic E-state index is -0.689. The van der Waals surface area contributed by atoms with Crippen molar-refractivity contribution in [2.24, 2.45) is 0 Å². The number of ether oxygens (including phenoxy) is 1. The number of rotatable bonds is 7. The van der Waals surface area contributed by atoms with E-state index in [1.807, 2.05) is 31.2 Å². The van der Waals surface area contributed by atoms with Gasteiger partial charge in [0.2, 0.25) is 0 Å². The van der Waals surface area contributed by atoms with Crippen molar-refractivity contribution in [1.82, 2.24) is 14.9 Å². The SMILES string of the molecule is Cc1ccc(OCCNC(=O)c2c[nH]c(=O)n(Cc3ccccc3Cl)c2=O)cc1. The molecule has 0 saturated carbocycles. The maximum absolute atomic E-state index is 12.6. The molecule has 0 spiro atoms. The monoisotopic (exact) mass is 413 g/mol. The largest absolute Gasteiger partial charge is 0.492 e. The quantitative estimate of drug-likeness (QED) is 0.581. The van der Waals surface area contributed by atoms with Crippen LogP contribution in [0, 0.1) is 6.92 Å². The van der Waals surface area contributed by atoms with Gasteiger partial charge in [-0.3, -0.25) is 14.2 Å². The standard InChI is InChI=1S/C21H20ClN3O4/c1-14-6-8-16(9-7-14)29-11-10-23-19(26)17-12-24-21(28)25(20(17)27)13-15-4-2-3-5-18(15)22/h2-9,12H,10-11,13H2,1H3,(H,23,26)(H,24,28). The number of aromatic amines is 1. The van der Waals surface area contributed by atoms with Crippen molar-refractivity contribution in [2.45, 2.75) is 13.5 Å². The number of aryl methyl sites for hydroxylation is 1. The number of H-pyrrole nitrogens is 1. The molecule has 0 saturated heterocycles. The minimum Gasteiger partial charge on any atom is -0.492 e. The molecule has 150 valence electrons. The Morgan fingerprint density at radius 3 is 2.59 bits per heavy atom. The number of nitrogens with zero attached hydrogens (tertiary/aromatic N) is 1. The fourth-order valence-corrected chi connectivity index (χ4v) is 2.87. The second-order valence-corrected chi connectivity index (χ2v) is 6.81. The summed E-state index contributed by atoms with van der Waals surface area (Å²) in [6, 6.07) is 14.4. The van der Waals surface area contributed by atoms with Crippen LogP contribution in [0.4, 0.5) is 0 Å². The highest BCUT2D eigenvalue weighted by Gasteiger charge is 2.15. The van der Waals surface area contributed by atoms with E-state index < -0.39 is 17.2 Å². The fourth-order valence-electron chi connectivity index (χ4n) is 2.68. The number of carbonyl (C=O) groups is 1. The summed E-state index contributed by atoms with van der Waals surface area (Å²) in [5.41, 5.74) is 0.259. The second kappa shape index (κ2) is 9.25. The van der Waals surface area contributed by atoms with Crippen molar-refractivity contribution in [3.63, 3.8) is 0 Å². The smallest absolute Gasteiger partial charge is 0.328 e. The van der Waals surface area contributed by atoms with Crippen LogP contribution in [-0.2, 0) is 6.54 Å². The molecule has 0 aliphatic heterocycles. The summed E-state index contributed by atoms with van der Waals surface area (Å²) in [5, 5.41) is 3.05. The third-order valence-corrected chi connectivity index (χ3v) is 4.64. The molecule has 2 aromatic carbocycles. The molecule has 1 heterocycles. The molecule has 0 bridgehead atoms. The summed E-state index contributed by atoms with van der Waals surface area (Å²) in [6.45, 7) is 2.39. The van der Waals surface area contributed by atoms with Crippen LogP contribution in [0.5, 0.6) is 5.75 Å². The van der Waals surface area contributed by atoms with Crippen LogP contribution in [0.1, 0.15) is 21.5 Å². The number of benzene rings is 2. The Morgan fingerprint density at radius 2 is 1.86 bits per heavy atom. The first kappa shape index (κ1) is 20.4. The Labute approximate surface area is 171 Å². The summed E-state index contributed by atoms with van der Waals surface area (Å²) in [5.74, 6) is 0.0997. The van der Waals surface area contributed by atoms with E-state index in [0.29, 0.717) is 16.3 Å². The van der Waals surface area contributed by atoms with Crippen LogP contribution in [-0.4, -0.2) is 28.6 Å². The lowest BCUT2D eigenvalue weighted by molar-refractivity contribution is 0.0944. The lowest BCUT2D eigenvalue weighted by atomic mass is 10.2. The van der Waals surface area contributed by atoms with E-state index in [1.54, 1.807) is 24.3 Å². The predicted octanol–water partition coefficient (Wildman–Crippen LogP) is 2.36. The predicted molar refractivity (Wildman–Crippen MR) is 111 cm³/mol. The summed E-state index contributed by atoms with van der Waals surface area (Å²) >= 11 is 6.10. The van der Waals surface area contributed by atoms with E-state index in [0.717, 1.165) is 16.3 Å². The van der Waals surface area contributed by atoms with E-state index in [9.17, 15) is 14.4 Å². The van der Waals surface area contributed by atoms with E-state index in [1.165, 1.54) is 0 Å². The zero-order chi connectivity index (χ0) is 20.8. The zero-order valence-electron chi connectivity index (χ0n) is 15.8. The number of aromatic nitrogens is 2. The lowest BCUT2D eigenvalue weighted by Gasteiger charge is -2.10. The van der Waals surface area contributed by atoms with Gasteiger partial charge in [-0.15, -0.1) is 0 Å². The number of amides is 1. The van der Waals surface area contributed by atoms with E-state index in [2.05, 4.69) is 10.3 Å². The van der Waals surface area contributed by atoms with Crippen LogP contribution < -0.4 is 21.3 Å². The molecule has 8 heteroatoms. The van der Waals surface area contributed by atoms with Crippen LogP contribution >= 0.6 is 11.6 Å². The number of hydrogen-bond donors (Lipinski definition) is 2. The molecule has 29 heavy (non-hydrogen) atoms. The summed E-state index contributed by atoms with van der Waals surface area (Å²) < 4.78 is 6.49. The highest BCUT2D eigenvalue weighted by molar-refractivity contribution is 6.31. The van der Waals surface area contributed by atoms with Gasteiger partial charge >= 0.3 is 5.69 Å². The van der Waals surface area contributed by atoms with Crippen molar-refractivity contribution >= 4 is 17.5 Å². The Balaban J connectivity index is 1.66. The van der Waals surface area contributed by atoms with Gasteiger partial charge in [0.1, 0.15) is 17.9 Å². The summed E-state index contributed by atoms with van der Waals surface area (Å²) in [6.07, 6.45) is 1.12. The van der Waals surface area contributed by atoms with Crippen LogP contribution in [0.3, 0.4) is 0 Å². The molecule has 1 aromatic heterocycles. The van der Waals surface area contributed by atoms with Gasteiger partial charge in [0.25, 0.3) is 11.5 Å². The fraction of sp³-hybridized carbons (Fsp3) is 0.190. The van der Waals surface area contributed by atoms with Crippen LogP contribution in [0.25, 0.3) is 0 Å². The molecule has 0 unspecified atom stereocenters. The van der Waals surface area contributed by atoms with Crippen LogP contribution in [0.15, 0.2) is 64.3 Å². The molecule has 0 radical (unpaired) electrons. The number of hydrogen-bond acceptors (Lipinski definition) is 4. The summed E-state index contributed by atoms with van der Waals surface area (Å²) in [7, 11) is 0. The Morgan fingerprint density at radius 1 is 1.14 bits per heavy atom. The molecule has 3 aromatic rings. The van der Waals surface area contributed by atoms with Crippen molar-refractivity contribution in [3.05, 3.63) is 97.3 Å². The number of nitrogens with one attached hydrogen (secondary N) is 2. The van der Waals surface area contributed by atoms with Crippen molar-refractivity contribution in [1.29, 1.82) is 0 Å². The first-order valence-corrected chi connectivity index (χ1v) is 9.37. The molecule has 3 rings (SSSR count). The van der Waals surface area contributed by atoms with Gasteiger partial charge in [-0.1, -0.05) is 47.5 Å². The molecule has 0 aliphatic carbocycles. The second-order valence-electron chi connectivity index (χ2n) is 6.41. The average molecular weight is 414 g/mol. The Hall–Kier alpha value is -3.32. The topological polar surface area (TPSA) is 93.2 Å². The van der Waals surface area contributed by atoms with Gasteiger partial charge in [-0.2, -0.15) is 0 Å². The lowest BCUT2D eigenvalue weighted by Crippen LogP contribution is -2.41. The van der Waals surface area contributed by atoms with Crippen molar-refractivity contribution in [3.8, 4) is 5.75 Å². The third-order valence-electron chi connectivity index (χ3n) is 4.27. The van der Waals surface area contributed by atoms with Crippen molar-refractivity contribution in [2.75, 3.05) is 13.2 Å². The number of carbonyl (C=O) groups excluding carboxylic acids is 1. The normalized spacial score (nSPS) is 10.6.